The minimum absolute atomic E-state index is 0.351. The summed E-state index contributed by atoms with van der Waals surface area (Å²) in [6.07, 6.45) is 2.14. The first-order chi connectivity index (χ1) is 9.03. The lowest BCUT2D eigenvalue weighted by molar-refractivity contribution is 0.177. The quantitative estimate of drug-likeness (QED) is 0.811. The molecule has 19 heavy (non-hydrogen) atoms. The molecule has 2 unspecified atom stereocenters. The number of hydrogen-bond acceptors (Lipinski definition) is 4. The second kappa shape index (κ2) is 3.97. The van der Waals surface area contributed by atoms with E-state index in [1.165, 1.54) is 12.3 Å². The van der Waals surface area contributed by atoms with Crippen LogP contribution in [0, 0.1) is 11.6 Å². The van der Waals surface area contributed by atoms with E-state index in [-0.39, 0.29) is 0 Å². The number of benzene rings is 1. The molecule has 1 aliphatic heterocycles. The second-order valence-electron chi connectivity index (χ2n) is 4.41. The maximum Gasteiger partial charge on any atom is 0.174 e. The Hall–Kier alpha value is -2.05. The highest BCUT2D eigenvalue weighted by Gasteiger charge is 2.46. The van der Waals surface area contributed by atoms with Gasteiger partial charge in [0, 0.05) is 11.8 Å². The smallest absolute Gasteiger partial charge is 0.174 e. The van der Waals surface area contributed by atoms with Crippen LogP contribution >= 0.6 is 0 Å². The predicted molar refractivity (Wildman–Crippen MR) is 64.2 cm³/mol. The molecule has 4 nitrogen and oxygen atoms in total. The highest BCUT2D eigenvalue weighted by molar-refractivity contribution is 5.49. The third-order valence-corrected chi connectivity index (χ3v) is 3.33. The first-order valence-electron chi connectivity index (χ1n) is 5.64. The molecule has 0 radical (unpaired) electrons. The molecule has 2 heterocycles. The van der Waals surface area contributed by atoms with Gasteiger partial charge in [-0.05, 0) is 23.8 Å². The zero-order valence-electron chi connectivity index (χ0n) is 9.81. The van der Waals surface area contributed by atoms with E-state index in [1.54, 1.807) is 12.3 Å². The average Bonchev–Trinajstić information content (AvgIpc) is 2.66. The summed E-state index contributed by atoms with van der Waals surface area (Å²) in [5.74, 6) is -1.46. The van der Waals surface area contributed by atoms with E-state index in [0.717, 1.165) is 12.1 Å². The minimum Gasteiger partial charge on any atom is -0.471 e. The van der Waals surface area contributed by atoms with Crippen molar-refractivity contribution in [3.63, 3.8) is 0 Å². The third-order valence-electron chi connectivity index (χ3n) is 3.33. The van der Waals surface area contributed by atoms with Crippen molar-refractivity contribution in [2.24, 2.45) is 11.5 Å². The first-order valence-corrected chi connectivity index (χ1v) is 5.64. The summed E-state index contributed by atoms with van der Waals surface area (Å²) in [6.45, 7) is 0. The number of pyridine rings is 1. The Kier molecular flexibility index (Phi) is 2.51. The number of nitrogens with zero attached hydrogens (tertiary/aromatic N) is 1. The largest absolute Gasteiger partial charge is 0.471 e. The Balaban J connectivity index is 2.19. The molecule has 0 aliphatic carbocycles. The fourth-order valence-electron chi connectivity index (χ4n) is 2.27. The van der Waals surface area contributed by atoms with E-state index in [1.807, 2.05) is 0 Å². The van der Waals surface area contributed by atoms with Gasteiger partial charge >= 0.3 is 0 Å². The fourth-order valence-corrected chi connectivity index (χ4v) is 2.27. The van der Waals surface area contributed by atoms with Crippen molar-refractivity contribution in [2.75, 3.05) is 0 Å². The van der Waals surface area contributed by atoms with Gasteiger partial charge in [0.2, 0.25) is 0 Å². The van der Waals surface area contributed by atoms with Gasteiger partial charge in [-0.1, -0.05) is 6.07 Å². The molecule has 0 saturated heterocycles. The number of nitrogens with two attached hydrogens (primary N) is 2. The third kappa shape index (κ3) is 1.61. The maximum absolute atomic E-state index is 13.4. The molecule has 1 aromatic heterocycles. The van der Waals surface area contributed by atoms with Crippen molar-refractivity contribution in [2.45, 2.75) is 11.8 Å². The molecule has 98 valence electrons. The van der Waals surface area contributed by atoms with Crippen molar-refractivity contribution < 1.29 is 13.5 Å². The van der Waals surface area contributed by atoms with Crippen LogP contribution in [-0.2, 0) is 5.54 Å². The number of fused-ring (bicyclic) bond motifs is 1. The fraction of sp³-hybridized carbons (Fsp3) is 0.154. The van der Waals surface area contributed by atoms with Crippen LogP contribution in [0.25, 0.3) is 0 Å². The molecule has 2 atom stereocenters. The Morgan fingerprint density at radius 1 is 1.21 bits per heavy atom. The minimum atomic E-state index is -1.23. The van der Waals surface area contributed by atoms with Crippen LogP contribution in [0.3, 0.4) is 0 Å². The van der Waals surface area contributed by atoms with Crippen molar-refractivity contribution >= 4 is 0 Å². The predicted octanol–water partition coefficient (Wildman–Crippen LogP) is 1.24. The van der Waals surface area contributed by atoms with Gasteiger partial charge in [-0.15, -0.1) is 0 Å². The van der Waals surface area contributed by atoms with Crippen LogP contribution in [0.1, 0.15) is 11.1 Å². The summed E-state index contributed by atoms with van der Waals surface area (Å²) in [5.41, 5.74) is 11.9. The van der Waals surface area contributed by atoms with Crippen LogP contribution in [0.5, 0.6) is 5.75 Å². The van der Waals surface area contributed by atoms with E-state index in [0.29, 0.717) is 16.9 Å². The number of rotatable bonds is 1. The van der Waals surface area contributed by atoms with Gasteiger partial charge in [-0.3, -0.25) is 10.7 Å². The number of aromatic nitrogens is 1. The molecule has 0 amide bonds. The van der Waals surface area contributed by atoms with Crippen LogP contribution in [0.2, 0.25) is 0 Å². The number of hydrogen-bond donors (Lipinski definition) is 2. The van der Waals surface area contributed by atoms with Crippen molar-refractivity contribution in [3.8, 4) is 5.75 Å². The maximum atomic E-state index is 13.4. The average molecular weight is 263 g/mol. The summed E-state index contributed by atoms with van der Waals surface area (Å²) in [6, 6.07) is 5.11. The SMILES string of the molecule is NC1Oc2cnccc2C1(N)c1ccc(F)c(F)c1. The van der Waals surface area contributed by atoms with E-state index < -0.39 is 23.4 Å². The molecule has 0 fully saturated rings. The van der Waals surface area contributed by atoms with Gasteiger partial charge in [-0.25, -0.2) is 8.78 Å². The van der Waals surface area contributed by atoms with Gasteiger partial charge < -0.3 is 10.5 Å². The zero-order chi connectivity index (χ0) is 13.6. The lowest BCUT2D eigenvalue weighted by Gasteiger charge is -2.28. The summed E-state index contributed by atoms with van der Waals surface area (Å²) >= 11 is 0. The molecule has 2 aromatic rings. The highest BCUT2D eigenvalue weighted by atomic mass is 19.2. The molecule has 0 saturated carbocycles. The molecule has 0 spiro atoms. The number of halogens is 2. The van der Waals surface area contributed by atoms with Crippen molar-refractivity contribution in [3.05, 3.63) is 59.4 Å². The van der Waals surface area contributed by atoms with E-state index >= 15 is 0 Å². The molecule has 4 N–H and O–H groups in total. The first kappa shape index (κ1) is 12.0. The molecular formula is C13H11F2N3O. The molecule has 0 bridgehead atoms. The van der Waals surface area contributed by atoms with E-state index in [2.05, 4.69) is 4.98 Å². The monoisotopic (exact) mass is 263 g/mol. The Bertz CT molecular complexity index is 650. The normalized spacial score (nSPS) is 24.9. The number of ether oxygens (including phenoxy) is 1. The van der Waals surface area contributed by atoms with Gasteiger partial charge in [-0.2, -0.15) is 0 Å². The van der Waals surface area contributed by atoms with Gasteiger partial charge in [0.1, 0.15) is 11.3 Å². The van der Waals surface area contributed by atoms with Crippen molar-refractivity contribution in [1.29, 1.82) is 0 Å². The Morgan fingerprint density at radius 2 is 2.00 bits per heavy atom. The van der Waals surface area contributed by atoms with Crippen LogP contribution in [0.4, 0.5) is 8.78 Å². The molecule has 1 aromatic carbocycles. The van der Waals surface area contributed by atoms with Gasteiger partial charge in [0.05, 0.1) is 6.20 Å². The lowest BCUT2D eigenvalue weighted by Crippen LogP contribution is -2.52. The van der Waals surface area contributed by atoms with Crippen molar-refractivity contribution in [1.82, 2.24) is 4.98 Å². The lowest BCUT2D eigenvalue weighted by atomic mass is 9.84. The standard InChI is InChI=1S/C13H11F2N3O/c14-9-2-1-7(5-10(9)15)13(17)8-3-4-18-6-11(8)19-12(13)16/h1-6,12H,16-17H2. The highest BCUT2D eigenvalue weighted by Crippen LogP contribution is 2.41. The molecule has 1 aliphatic rings. The van der Waals surface area contributed by atoms with Gasteiger partial charge in [0.25, 0.3) is 0 Å². The van der Waals surface area contributed by atoms with Crippen LogP contribution in [-0.4, -0.2) is 11.2 Å². The van der Waals surface area contributed by atoms with Crippen LogP contribution in [0.15, 0.2) is 36.7 Å². The van der Waals surface area contributed by atoms with E-state index in [9.17, 15) is 8.78 Å². The molecular weight excluding hydrogens is 252 g/mol. The second-order valence-corrected chi connectivity index (χ2v) is 4.41. The summed E-state index contributed by atoms with van der Waals surface area (Å²) in [7, 11) is 0. The summed E-state index contributed by atoms with van der Waals surface area (Å²) < 4.78 is 31.8. The topological polar surface area (TPSA) is 74.2 Å². The Labute approximate surface area is 108 Å². The molecule has 3 rings (SSSR count). The Morgan fingerprint density at radius 3 is 2.74 bits per heavy atom. The molecule has 6 heteroatoms. The van der Waals surface area contributed by atoms with Gasteiger partial charge in [0.15, 0.2) is 17.9 Å². The zero-order valence-corrected chi connectivity index (χ0v) is 9.81. The summed E-state index contributed by atoms with van der Waals surface area (Å²) in [5, 5.41) is 0. The van der Waals surface area contributed by atoms with Crippen LogP contribution < -0.4 is 16.2 Å². The van der Waals surface area contributed by atoms with E-state index in [4.69, 9.17) is 16.2 Å². The summed E-state index contributed by atoms with van der Waals surface area (Å²) in [4.78, 5) is 3.91.